The predicted molar refractivity (Wildman–Crippen MR) is 104 cm³/mol. The smallest absolute Gasteiger partial charge is 0.186 e. The number of nitrogens with zero attached hydrogens (tertiary/aromatic N) is 3. The number of aromatic nitrogens is 3. The molecule has 1 saturated heterocycles. The van der Waals surface area contributed by atoms with Crippen LogP contribution in [0, 0.1) is 17.5 Å². The molecule has 0 bridgehead atoms. The first-order valence-electron chi connectivity index (χ1n) is 8.93. The molecule has 1 fully saturated rings. The van der Waals surface area contributed by atoms with Gasteiger partial charge < -0.3 is 4.74 Å². The van der Waals surface area contributed by atoms with Crippen molar-refractivity contribution in [2.24, 2.45) is 0 Å². The topological polar surface area (TPSA) is 43.2 Å². The maximum absolute atomic E-state index is 14.8. The molecule has 2 unspecified atom stereocenters. The molecule has 9 heteroatoms. The molecule has 0 N–H and O–H groups in total. The van der Waals surface area contributed by atoms with Gasteiger partial charge in [0.05, 0.1) is 6.54 Å². The van der Waals surface area contributed by atoms with Crippen LogP contribution >= 0.6 is 23.4 Å². The van der Waals surface area contributed by atoms with Crippen LogP contribution in [-0.4, -0.2) is 20.0 Å². The van der Waals surface area contributed by atoms with Crippen LogP contribution in [0.1, 0.15) is 31.1 Å². The van der Waals surface area contributed by atoms with Crippen LogP contribution in [0.25, 0.3) is 0 Å². The van der Waals surface area contributed by atoms with Gasteiger partial charge in [-0.05, 0) is 29.8 Å². The third kappa shape index (κ3) is 3.89. The summed E-state index contributed by atoms with van der Waals surface area (Å²) in [5.74, 6) is -2.48. The summed E-state index contributed by atoms with van der Waals surface area (Å²) < 4.78 is 49.6. The molecule has 1 aliphatic heterocycles. The molecular formula is C20H17ClF3N3OS. The number of rotatable bonds is 6. The van der Waals surface area contributed by atoms with Crippen molar-refractivity contribution in [2.45, 2.75) is 42.5 Å². The Bertz CT molecular complexity index is 1060. The molecule has 2 atom stereocenters. The minimum absolute atomic E-state index is 0.157. The molecule has 0 amide bonds. The highest BCUT2D eigenvalue weighted by Gasteiger charge is 2.60. The third-order valence-electron chi connectivity index (χ3n) is 4.63. The molecule has 4 rings (SSSR count). The first-order valence-corrected chi connectivity index (χ1v) is 10.2. The van der Waals surface area contributed by atoms with Crippen LogP contribution in [0.3, 0.4) is 0 Å². The number of halogens is 4. The number of thioether (sulfide) groups is 1. The zero-order chi connectivity index (χ0) is 20.8. The number of benzene rings is 2. The Morgan fingerprint density at radius 2 is 1.93 bits per heavy atom. The molecule has 0 radical (unpaired) electrons. The average molecular weight is 440 g/mol. The van der Waals surface area contributed by atoms with E-state index in [1.54, 1.807) is 16.8 Å². The van der Waals surface area contributed by atoms with Gasteiger partial charge in [0.25, 0.3) is 0 Å². The normalized spacial score (nSPS) is 21.0. The van der Waals surface area contributed by atoms with Gasteiger partial charge in [-0.2, -0.15) is 5.10 Å². The lowest BCUT2D eigenvalue weighted by Gasteiger charge is -2.17. The number of ether oxygens (including phenoxy) is 1. The van der Waals surface area contributed by atoms with E-state index in [1.807, 2.05) is 13.8 Å². The van der Waals surface area contributed by atoms with Crippen LogP contribution in [0.5, 0.6) is 0 Å². The molecule has 2 heterocycles. The standard InChI is InChI=1S/C20H17ClF3N3OS/c1-11(2)29-19-25-10-26-27(19)9-20(14-5-4-13(21)8-16(14)23)18(28-20)12-3-6-15(22)17(24)7-12/h3-8,10-11,18H,9H2,1-2H3. The zero-order valence-corrected chi connectivity index (χ0v) is 17.1. The molecule has 0 spiro atoms. The van der Waals surface area contributed by atoms with Crippen molar-refractivity contribution in [1.29, 1.82) is 0 Å². The summed E-state index contributed by atoms with van der Waals surface area (Å²) in [4.78, 5) is 4.26. The lowest BCUT2D eigenvalue weighted by molar-refractivity contribution is 0.251. The van der Waals surface area contributed by atoms with Gasteiger partial charge >= 0.3 is 0 Å². The van der Waals surface area contributed by atoms with Crippen molar-refractivity contribution in [2.75, 3.05) is 0 Å². The first-order chi connectivity index (χ1) is 13.8. The Labute approximate surface area is 175 Å². The largest absolute Gasteiger partial charge is 0.354 e. The Balaban J connectivity index is 1.75. The molecule has 0 saturated carbocycles. The number of hydrogen-bond donors (Lipinski definition) is 0. The van der Waals surface area contributed by atoms with Crippen LogP contribution in [-0.2, 0) is 16.9 Å². The molecule has 0 aliphatic carbocycles. The van der Waals surface area contributed by atoms with E-state index in [0.29, 0.717) is 10.7 Å². The van der Waals surface area contributed by atoms with E-state index in [9.17, 15) is 13.2 Å². The van der Waals surface area contributed by atoms with E-state index in [-0.39, 0.29) is 22.4 Å². The van der Waals surface area contributed by atoms with Crippen LogP contribution < -0.4 is 0 Å². The fraction of sp³-hybridized carbons (Fsp3) is 0.300. The maximum Gasteiger partial charge on any atom is 0.186 e. The van der Waals surface area contributed by atoms with Crippen molar-refractivity contribution < 1.29 is 17.9 Å². The average Bonchev–Trinajstić information content (AvgIpc) is 3.21. The van der Waals surface area contributed by atoms with Crippen molar-refractivity contribution in [3.8, 4) is 0 Å². The monoisotopic (exact) mass is 439 g/mol. The van der Waals surface area contributed by atoms with Crippen LogP contribution in [0.15, 0.2) is 47.9 Å². The van der Waals surface area contributed by atoms with Gasteiger partial charge in [-0.15, -0.1) is 0 Å². The maximum atomic E-state index is 14.8. The quantitative estimate of drug-likeness (QED) is 0.375. The molecule has 29 heavy (non-hydrogen) atoms. The van der Waals surface area contributed by atoms with Crippen molar-refractivity contribution in [3.05, 3.63) is 76.3 Å². The fourth-order valence-electron chi connectivity index (χ4n) is 3.32. The summed E-state index contributed by atoms with van der Waals surface area (Å²) >= 11 is 7.41. The number of hydrogen-bond acceptors (Lipinski definition) is 4. The summed E-state index contributed by atoms with van der Waals surface area (Å²) in [6, 6.07) is 7.85. The highest BCUT2D eigenvalue weighted by Crippen LogP contribution is 2.59. The minimum atomic E-state index is -1.14. The summed E-state index contributed by atoms with van der Waals surface area (Å²) in [5, 5.41) is 5.43. The van der Waals surface area contributed by atoms with E-state index in [1.165, 1.54) is 30.2 Å². The van der Waals surface area contributed by atoms with E-state index >= 15 is 0 Å². The van der Waals surface area contributed by atoms with Gasteiger partial charge in [0.1, 0.15) is 23.8 Å². The third-order valence-corrected chi connectivity index (χ3v) is 5.87. The molecule has 3 aromatic rings. The number of epoxide rings is 1. The van der Waals surface area contributed by atoms with Gasteiger partial charge in [0, 0.05) is 15.8 Å². The van der Waals surface area contributed by atoms with Crippen LogP contribution in [0.4, 0.5) is 13.2 Å². The Morgan fingerprint density at radius 1 is 1.14 bits per heavy atom. The van der Waals surface area contributed by atoms with Gasteiger partial charge in [-0.3, -0.25) is 0 Å². The van der Waals surface area contributed by atoms with Gasteiger partial charge in [-0.1, -0.05) is 49.3 Å². The summed E-state index contributed by atoms with van der Waals surface area (Å²) in [5.41, 5.74) is -0.456. The van der Waals surface area contributed by atoms with Gasteiger partial charge in [0.15, 0.2) is 16.8 Å². The van der Waals surface area contributed by atoms with Crippen LogP contribution in [0.2, 0.25) is 5.02 Å². The molecule has 2 aromatic carbocycles. The Morgan fingerprint density at radius 3 is 2.62 bits per heavy atom. The highest BCUT2D eigenvalue weighted by molar-refractivity contribution is 7.99. The molecular weight excluding hydrogens is 423 g/mol. The SMILES string of the molecule is CC(C)Sc1ncnn1CC1(c2ccc(Cl)cc2F)OC1c1ccc(F)c(F)c1. The highest BCUT2D eigenvalue weighted by atomic mass is 35.5. The zero-order valence-electron chi connectivity index (χ0n) is 15.6. The second-order valence-electron chi connectivity index (χ2n) is 7.05. The summed E-state index contributed by atoms with van der Waals surface area (Å²) in [7, 11) is 0. The van der Waals surface area contributed by atoms with E-state index in [4.69, 9.17) is 16.3 Å². The van der Waals surface area contributed by atoms with E-state index < -0.39 is 29.2 Å². The first kappa shape index (κ1) is 20.3. The predicted octanol–water partition coefficient (Wildman–Crippen LogP) is 5.52. The van der Waals surface area contributed by atoms with Crippen molar-refractivity contribution in [1.82, 2.24) is 14.8 Å². The molecule has 1 aromatic heterocycles. The second kappa shape index (κ2) is 7.66. The molecule has 1 aliphatic rings. The lowest BCUT2D eigenvalue weighted by Crippen LogP contribution is -2.22. The van der Waals surface area contributed by atoms with Gasteiger partial charge in [-0.25, -0.2) is 22.8 Å². The summed E-state index contributed by atoms with van der Waals surface area (Å²) in [6.07, 6.45) is 0.750. The van der Waals surface area contributed by atoms with Crippen molar-refractivity contribution >= 4 is 23.4 Å². The second-order valence-corrected chi connectivity index (χ2v) is 9.03. The van der Waals surface area contributed by atoms with E-state index in [2.05, 4.69) is 10.1 Å². The molecule has 4 nitrogen and oxygen atoms in total. The summed E-state index contributed by atoms with van der Waals surface area (Å²) in [6.45, 7) is 4.20. The Hall–Kier alpha value is -2.03. The molecule has 152 valence electrons. The minimum Gasteiger partial charge on any atom is -0.354 e. The van der Waals surface area contributed by atoms with Crippen molar-refractivity contribution in [3.63, 3.8) is 0 Å². The van der Waals surface area contributed by atoms with Gasteiger partial charge in [0.2, 0.25) is 0 Å². The lowest BCUT2D eigenvalue weighted by atomic mass is 9.91. The Kier molecular flexibility index (Phi) is 5.35. The fourth-order valence-corrected chi connectivity index (χ4v) is 4.24. The van der Waals surface area contributed by atoms with E-state index in [0.717, 1.165) is 12.1 Å².